The van der Waals surface area contributed by atoms with Crippen LogP contribution in [0.1, 0.15) is 43.6 Å². The quantitative estimate of drug-likeness (QED) is 0.909. The van der Waals surface area contributed by atoms with Gasteiger partial charge in [-0.3, -0.25) is 0 Å². The molecule has 1 N–H and O–H groups in total. The molecule has 4 nitrogen and oxygen atoms in total. The van der Waals surface area contributed by atoms with Crippen molar-refractivity contribution in [3.05, 3.63) is 48.0 Å². The van der Waals surface area contributed by atoms with Crippen LogP contribution in [-0.4, -0.2) is 26.0 Å². The monoisotopic (exact) mass is 271 g/mol. The van der Waals surface area contributed by atoms with Gasteiger partial charge in [-0.2, -0.15) is 5.10 Å². The minimum absolute atomic E-state index is 0.281. The minimum atomic E-state index is -0.332. The van der Waals surface area contributed by atoms with Crippen molar-refractivity contribution in [2.45, 2.75) is 44.8 Å². The molecule has 0 saturated heterocycles. The largest absolute Gasteiger partial charge is 0.392 e. The summed E-state index contributed by atoms with van der Waals surface area (Å²) in [7, 11) is 0. The molecule has 0 amide bonds. The molecule has 106 valence electrons. The summed E-state index contributed by atoms with van der Waals surface area (Å²) in [6.07, 6.45) is 2.90. The fraction of sp³-hybridized carbons (Fsp3) is 0.500. The molecule has 20 heavy (non-hydrogen) atoms. The zero-order valence-corrected chi connectivity index (χ0v) is 12.0. The fourth-order valence-electron chi connectivity index (χ4n) is 2.91. The molecule has 3 unspecified atom stereocenters. The first-order valence-corrected chi connectivity index (χ1v) is 7.28. The Bertz CT molecular complexity index is 564. The lowest BCUT2D eigenvalue weighted by Crippen LogP contribution is -2.19. The number of aliphatic hydroxyl groups excluding tert-OH is 1. The third-order valence-corrected chi connectivity index (χ3v) is 4.09. The van der Waals surface area contributed by atoms with E-state index in [9.17, 15) is 5.11 Å². The Morgan fingerprint density at radius 3 is 2.75 bits per heavy atom. The van der Waals surface area contributed by atoms with Crippen molar-refractivity contribution in [1.29, 1.82) is 0 Å². The summed E-state index contributed by atoms with van der Waals surface area (Å²) in [5.74, 6) is 1.74. The Labute approximate surface area is 119 Å². The Kier molecular flexibility index (Phi) is 3.57. The van der Waals surface area contributed by atoms with Crippen LogP contribution in [0.2, 0.25) is 0 Å². The maximum absolute atomic E-state index is 10.4. The van der Waals surface area contributed by atoms with Crippen LogP contribution < -0.4 is 0 Å². The first-order chi connectivity index (χ1) is 9.66. The topological polar surface area (TPSA) is 50.9 Å². The van der Waals surface area contributed by atoms with Crippen LogP contribution in [0.15, 0.2) is 36.7 Å². The van der Waals surface area contributed by atoms with Crippen molar-refractivity contribution in [3.8, 4) is 0 Å². The predicted molar refractivity (Wildman–Crippen MR) is 77.4 cm³/mol. The molecule has 1 fully saturated rings. The number of rotatable bonds is 5. The van der Waals surface area contributed by atoms with Gasteiger partial charge in [-0.25, -0.2) is 9.67 Å². The molecule has 1 heterocycles. The van der Waals surface area contributed by atoms with E-state index in [0.717, 1.165) is 12.2 Å². The van der Waals surface area contributed by atoms with Crippen molar-refractivity contribution < 1.29 is 5.11 Å². The van der Waals surface area contributed by atoms with E-state index in [-0.39, 0.29) is 12.1 Å². The van der Waals surface area contributed by atoms with Gasteiger partial charge in [0, 0.05) is 12.5 Å². The summed E-state index contributed by atoms with van der Waals surface area (Å²) in [6.45, 7) is 4.16. The molecule has 1 aliphatic carbocycles. The minimum Gasteiger partial charge on any atom is -0.392 e. The van der Waals surface area contributed by atoms with Gasteiger partial charge in [0.1, 0.15) is 12.2 Å². The molecule has 3 atom stereocenters. The van der Waals surface area contributed by atoms with Crippen LogP contribution in [-0.2, 0) is 6.42 Å². The molecule has 1 saturated carbocycles. The average Bonchev–Trinajstić information content (AvgIpc) is 3.12. The summed E-state index contributed by atoms with van der Waals surface area (Å²) in [5, 5.41) is 14.6. The highest BCUT2D eigenvalue weighted by Gasteiger charge is 2.43. The molecular formula is C16H21N3O. The molecule has 1 aliphatic rings. The van der Waals surface area contributed by atoms with Crippen LogP contribution in [0, 0.1) is 5.92 Å². The van der Waals surface area contributed by atoms with Crippen molar-refractivity contribution in [2.75, 3.05) is 0 Å². The van der Waals surface area contributed by atoms with Crippen molar-refractivity contribution in [3.63, 3.8) is 0 Å². The van der Waals surface area contributed by atoms with Gasteiger partial charge in [0.2, 0.25) is 0 Å². The lowest BCUT2D eigenvalue weighted by molar-refractivity contribution is 0.145. The standard InChI is InChI=1S/C16H21N3O/c1-11(2)19-16(17-10-18-19)9-15(20)14-8-13(14)12-6-4-3-5-7-12/h3-7,10-11,13-15,20H,8-9H2,1-2H3. The second kappa shape index (κ2) is 5.37. The highest BCUT2D eigenvalue weighted by Crippen LogP contribution is 2.49. The van der Waals surface area contributed by atoms with E-state index in [1.54, 1.807) is 6.33 Å². The Morgan fingerprint density at radius 2 is 2.05 bits per heavy atom. The molecule has 3 rings (SSSR count). The first kappa shape index (κ1) is 13.3. The Hall–Kier alpha value is -1.68. The smallest absolute Gasteiger partial charge is 0.138 e. The van der Waals surface area contributed by atoms with E-state index < -0.39 is 0 Å². The van der Waals surface area contributed by atoms with Gasteiger partial charge >= 0.3 is 0 Å². The number of benzene rings is 1. The summed E-state index contributed by atoms with van der Waals surface area (Å²) < 4.78 is 1.89. The van der Waals surface area contributed by atoms with Gasteiger partial charge in [-0.05, 0) is 37.7 Å². The van der Waals surface area contributed by atoms with Gasteiger partial charge in [-0.1, -0.05) is 30.3 Å². The molecule has 0 aliphatic heterocycles. The lowest BCUT2D eigenvalue weighted by atomic mass is 10.0. The molecule has 2 aromatic rings. The van der Waals surface area contributed by atoms with Gasteiger partial charge in [-0.15, -0.1) is 0 Å². The van der Waals surface area contributed by atoms with Crippen molar-refractivity contribution >= 4 is 0 Å². The number of aliphatic hydroxyl groups is 1. The summed E-state index contributed by atoms with van der Waals surface area (Å²) in [5.41, 5.74) is 1.34. The number of aromatic nitrogens is 3. The van der Waals surface area contributed by atoms with E-state index in [0.29, 0.717) is 18.3 Å². The number of hydrogen-bond acceptors (Lipinski definition) is 3. The van der Waals surface area contributed by atoms with Crippen LogP contribution in [0.5, 0.6) is 0 Å². The normalized spacial score (nSPS) is 23.0. The molecule has 1 aromatic heterocycles. The van der Waals surface area contributed by atoms with Crippen molar-refractivity contribution in [2.24, 2.45) is 5.92 Å². The van der Waals surface area contributed by atoms with Gasteiger partial charge in [0.15, 0.2) is 0 Å². The zero-order chi connectivity index (χ0) is 14.1. The van der Waals surface area contributed by atoms with Gasteiger partial charge in [0.25, 0.3) is 0 Å². The van der Waals surface area contributed by atoms with Crippen LogP contribution >= 0.6 is 0 Å². The summed E-state index contributed by atoms with van der Waals surface area (Å²) in [6, 6.07) is 10.7. The molecular weight excluding hydrogens is 250 g/mol. The molecule has 0 spiro atoms. The highest BCUT2D eigenvalue weighted by atomic mass is 16.3. The summed E-state index contributed by atoms with van der Waals surface area (Å²) in [4.78, 5) is 4.28. The third-order valence-electron chi connectivity index (χ3n) is 4.09. The maximum Gasteiger partial charge on any atom is 0.138 e. The zero-order valence-electron chi connectivity index (χ0n) is 12.0. The van der Waals surface area contributed by atoms with Crippen molar-refractivity contribution in [1.82, 2.24) is 14.8 Å². The SMILES string of the molecule is CC(C)n1ncnc1CC(O)C1CC1c1ccccc1. The summed E-state index contributed by atoms with van der Waals surface area (Å²) >= 11 is 0. The molecule has 0 bridgehead atoms. The third kappa shape index (κ3) is 2.61. The van der Waals surface area contributed by atoms with Gasteiger partial charge < -0.3 is 5.11 Å². The lowest BCUT2D eigenvalue weighted by Gasteiger charge is -2.13. The van der Waals surface area contributed by atoms with E-state index in [1.807, 2.05) is 10.7 Å². The van der Waals surface area contributed by atoms with Crippen LogP contribution in [0.3, 0.4) is 0 Å². The van der Waals surface area contributed by atoms with Crippen LogP contribution in [0.25, 0.3) is 0 Å². The second-order valence-electron chi connectivity index (χ2n) is 5.90. The van der Waals surface area contributed by atoms with Gasteiger partial charge in [0.05, 0.1) is 6.10 Å². The average molecular weight is 271 g/mol. The Balaban J connectivity index is 1.64. The number of nitrogens with zero attached hydrogens (tertiary/aromatic N) is 3. The molecule has 1 aromatic carbocycles. The Morgan fingerprint density at radius 1 is 1.30 bits per heavy atom. The number of hydrogen-bond donors (Lipinski definition) is 1. The first-order valence-electron chi connectivity index (χ1n) is 7.28. The molecule has 4 heteroatoms. The highest BCUT2D eigenvalue weighted by molar-refractivity contribution is 5.26. The van der Waals surface area contributed by atoms with E-state index in [1.165, 1.54) is 5.56 Å². The maximum atomic E-state index is 10.4. The predicted octanol–water partition coefficient (Wildman–Crippen LogP) is 2.57. The second-order valence-corrected chi connectivity index (χ2v) is 5.90. The fourth-order valence-corrected chi connectivity index (χ4v) is 2.91. The van der Waals surface area contributed by atoms with E-state index in [4.69, 9.17) is 0 Å². The molecule has 0 radical (unpaired) electrons. The van der Waals surface area contributed by atoms with E-state index >= 15 is 0 Å². The van der Waals surface area contributed by atoms with Crippen LogP contribution in [0.4, 0.5) is 0 Å². The van der Waals surface area contributed by atoms with E-state index in [2.05, 4.69) is 48.2 Å².